The van der Waals surface area contributed by atoms with Crippen molar-refractivity contribution in [2.75, 3.05) is 14.1 Å². The van der Waals surface area contributed by atoms with Gasteiger partial charge in [-0.2, -0.15) is 0 Å². The second kappa shape index (κ2) is 11.3. The zero-order valence-corrected chi connectivity index (χ0v) is 18.3. The maximum absolute atomic E-state index is 11.5. The lowest BCUT2D eigenvalue weighted by Gasteiger charge is -2.13. The SMILES string of the molecule is CN=C(NCc1ccc(C(=O)NC)cc1)NCc1ccc(Cl)cc1Cl.I. The van der Waals surface area contributed by atoms with Gasteiger partial charge in [-0.05, 0) is 35.4 Å². The Balaban J connectivity index is 0.00000338. The number of hydrogen-bond acceptors (Lipinski definition) is 2. The van der Waals surface area contributed by atoms with E-state index < -0.39 is 0 Å². The lowest BCUT2D eigenvalue weighted by molar-refractivity contribution is 0.0963. The van der Waals surface area contributed by atoms with Crippen LogP contribution in [0.3, 0.4) is 0 Å². The van der Waals surface area contributed by atoms with Gasteiger partial charge in [0.25, 0.3) is 5.91 Å². The number of amides is 1. The highest BCUT2D eigenvalue weighted by molar-refractivity contribution is 14.0. The first kappa shape index (κ1) is 22.5. The fourth-order valence-electron chi connectivity index (χ4n) is 2.17. The summed E-state index contributed by atoms with van der Waals surface area (Å²) in [6.07, 6.45) is 0. The summed E-state index contributed by atoms with van der Waals surface area (Å²) in [5, 5.41) is 10.2. The summed E-state index contributed by atoms with van der Waals surface area (Å²) in [7, 11) is 3.31. The van der Waals surface area contributed by atoms with Crippen molar-refractivity contribution in [3.05, 3.63) is 69.2 Å². The van der Waals surface area contributed by atoms with Crippen LogP contribution in [0, 0.1) is 0 Å². The molecule has 2 rings (SSSR count). The Morgan fingerprint density at radius 3 is 2.27 bits per heavy atom. The minimum absolute atomic E-state index is 0. The average molecular weight is 507 g/mol. The van der Waals surface area contributed by atoms with Crippen LogP contribution in [0.25, 0.3) is 0 Å². The van der Waals surface area contributed by atoms with Gasteiger partial charge >= 0.3 is 0 Å². The summed E-state index contributed by atoms with van der Waals surface area (Å²) in [5.74, 6) is 0.554. The molecule has 0 aliphatic heterocycles. The molecule has 140 valence electrons. The largest absolute Gasteiger partial charge is 0.355 e. The first-order valence-electron chi connectivity index (χ1n) is 7.73. The van der Waals surface area contributed by atoms with Crippen molar-refractivity contribution in [1.82, 2.24) is 16.0 Å². The number of aliphatic imine (C=N–C) groups is 1. The topological polar surface area (TPSA) is 65.5 Å². The van der Waals surface area contributed by atoms with Crippen LogP contribution in [0.5, 0.6) is 0 Å². The number of halogens is 3. The van der Waals surface area contributed by atoms with Crippen molar-refractivity contribution in [3.63, 3.8) is 0 Å². The molecule has 0 aliphatic rings. The lowest BCUT2D eigenvalue weighted by atomic mass is 10.1. The number of benzene rings is 2. The highest BCUT2D eigenvalue weighted by Crippen LogP contribution is 2.20. The van der Waals surface area contributed by atoms with Gasteiger partial charge in [0.05, 0.1) is 0 Å². The second-order valence-corrected chi connectivity index (χ2v) is 6.13. The van der Waals surface area contributed by atoms with E-state index in [0.717, 1.165) is 11.1 Å². The zero-order valence-electron chi connectivity index (χ0n) is 14.5. The van der Waals surface area contributed by atoms with Gasteiger partial charge in [0.1, 0.15) is 0 Å². The molecule has 0 saturated heterocycles. The van der Waals surface area contributed by atoms with Crippen LogP contribution >= 0.6 is 47.2 Å². The molecule has 0 bridgehead atoms. The second-order valence-electron chi connectivity index (χ2n) is 5.29. The van der Waals surface area contributed by atoms with Gasteiger partial charge in [0, 0.05) is 42.8 Å². The molecule has 3 N–H and O–H groups in total. The molecule has 0 heterocycles. The number of carbonyl (C=O) groups excluding carboxylic acids is 1. The molecule has 5 nitrogen and oxygen atoms in total. The van der Waals surface area contributed by atoms with Crippen LogP contribution in [-0.2, 0) is 13.1 Å². The fraction of sp³-hybridized carbons (Fsp3) is 0.222. The third-order valence-corrected chi connectivity index (χ3v) is 4.18. The van der Waals surface area contributed by atoms with E-state index in [4.69, 9.17) is 23.2 Å². The Labute approximate surface area is 180 Å². The Morgan fingerprint density at radius 2 is 1.69 bits per heavy atom. The molecule has 1 amide bonds. The third kappa shape index (κ3) is 6.66. The smallest absolute Gasteiger partial charge is 0.251 e. The van der Waals surface area contributed by atoms with Gasteiger partial charge in [-0.3, -0.25) is 9.79 Å². The van der Waals surface area contributed by atoms with Crippen LogP contribution in [-0.4, -0.2) is 26.0 Å². The van der Waals surface area contributed by atoms with Crippen LogP contribution in [0.15, 0.2) is 47.5 Å². The molecule has 26 heavy (non-hydrogen) atoms. The van der Waals surface area contributed by atoms with Crippen LogP contribution in [0.2, 0.25) is 10.0 Å². The first-order valence-corrected chi connectivity index (χ1v) is 8.48. The maximum Gasteiger partial charge on any atom is 0.251 e. The van der Waals surface area contributed by atoms with Gasteiger partial charge in [-0.1, -0.05) is 41.4 Å². The van der Waals surface area contributed by atoms with Crippen molar-refractivity contribution in [1.29, 1.82) is 0 Å². The van der Waals surface area contributed by atoms with E-state index in [1.54, 1.807) is 38.4 Å². The normalized spacial score (nSPS) is 10.7. The number of rotatable bonds is 5. The standard InChI is InChI=1S/C18H20Cl2N4O.HI/c1-21-17(25)13-5-3-12(4-6-13)10-23-18(22-2)24-11-14-7-8-15(19)9-16(14)20;/h3-9H,10-11H2,1-2H3,(H,21,25)(H2,22,23,24);1H. The molecule has 0 aliphatic carbocycles. The summed E-state index contributed by atoms with van der Waals surface area (Å²) in [6.45, 7) is 1.12. The van der Waals surface area contributed by atoms with E-state index in [1.165, 1.54) is 0 Å². The molecule has 0 fully saturated rings. The summed E-state index contributed by atoms with van der Waals surface area (Å²) in [5.41, 5.74) is 2.61. The van der Waals surface area contributed by atoms with E-state index >= 15 is 0 Å². The van der Waals surface area contributed by atoms with Crippen molar-refractivity contribution < 1.29 is 4.79 Å². The number of hydrogen-bond donors (Lipinski definition) is 3. The van der Waals surface area contributed by atoms with Crippen molar-refractivity contribution in [2.24, 2.45) is 4.99 Å². The third-order valence-electron chi connectivity index (χ3n) is 3.59. The van der Waals surface area contributed by atoms with Gasteiger partial charge in [0.15, 0.2) is 5.96 Å². The summed E-state index contributed by atoms with van der Waals surface area (Å²) >= 11 is 12.1. The first-order chi connectivity index (χ1) is 12.0. The number of guanidine groups is 1. The molecule has 0 aromatic heterocycles. The molecule has 0 saturated carbocycles. The van der Waals surface area contributed by atoms with Gasteiger partial charge < -0.3 is 16.0 Å². The quantitative estimate of drug-likeness (QED) is 0.328. The number of nitrogens with one attached hydrogen (secondary N) is 3. The van der Waals surface area contributed by atoms with E-state index in [9.17, 15) is 4.79 Å². The molecular formula is C18H21Cl2IN4O. The highest BCUT2D eigenvalue weighted by atomic mass is 127. The van der Waals surface area contributed by atoms with E-state index in [0.29, 0.717) is 34.7 Å². The van der Waals surface area contributed by atoms with Gasteiger partial charge in [0.2, 0.25) is 0 Å². The lowest BCUT2D eigenvalue weighted by Crippen LogP contribution is -2.36. The van der Waals surface area contributed by atoms with Crippen LogP contribution < -0.4 is 16.0 Å². The molecule has 2 aromatic rings. The Bertz CT molecular complexity index is 766. The molecular weight excluding hydrogens is 486 g/mol. The van der Waals surface area contributed by atoms with Crippen molar-refractivity contribution in [2.45, 2.75) is 13.1 Å². The number of carbonyl (C=O) groups is 1. The predicted octanol–water partition coefficient (Wildman–Crippen LogP) is 3.84. The Morgan fingerprint density at radius 1 is 1.04 bits per heavy atom. The fourth-order valence-corrected chi connectivity index (χ4v) is 2.64. The molecule has 0 unspecified atom stereocenters. The van der Waals surface area contributed by atoms with Crippen LogP contribution in [0.4, 0.5) is 0 Å². The van der Waals surface area contributed by atoms with E-state index in [1.807, 2.05) is 18.2 Å². The molecule has 0 atom stereocenters. The summed E-state index contributed by atoms with van der Waals surface area (Å²) in [6, 6.07) is 12.8. The van der Waals surface area contributed by atoms with Crippen molar-refractivity contribution >= 4 is 59.0 Å². The number of nitrogens with zero attached hydrogens (tertiary/aromatic N) is 1. The van der Waals surface area contributed by atoms with Crippen LogP contribution in [0.1, 0.15) is 21.5 Å². The van der Waals surface area contributed by atoms with Gasteiger partial charge in [-0.25, -0.2) is 0 Å². The highest BCUT2D eigenvalue weighted by Gasteiger charge is 2.05. The molecule has 2 aromatic carbocycles. The Kier molecular flexibility index (Phi) is 9.75. The minimum Gasteiger partial charge on any atom is -0.355 e. The molecule has 8 heteroatoms. The molecule has 0 radical (unpaired) electrons. The van der Waals surface area contributed by atoms with Gasteiger partial charge in [-0.15, -0.1) is 24.0 Å². The molecule has 0 spiro atoms. The monoisotopic (exact) mass is 506 g/mol. The summed E-state index contributed by atoms with van der Waals surface area (Å²) < 4.78 is 0. The summed E-state index contributed by atoms with van der Waals surface area (Å²) in [4.78, 5) is 15.7. The maximum atomic E-state index is 11.5. The zero-order chi connectivity index (χ0) is 18.2. The predicted molar refractivity (Wildman–Crippen MR) is 119 cm³/mol. The van der Waals surface area contributed by atoms with E-state index in [-0.39, 0.29) is 29.9 Å². The minimum atomic E-state index is -0.100. The van der Waals surface area contributed by atoms with Crippen molar-refractivity contribution in [3.8, 4) is 0 Å². The average Bonchev–Trinajstić information content (AvgIpc) is 2.63. The van der Waals surface area contributed by atoms with E-state index in [2.05, 4.69) is 20.9 Å². The Hall–Kier alpha value is -1.51.